The van der Waals surface area contributed by atoms with Crippen LogP contribution >= 0.6 is 22.9 Å². The predicted octanol–water partition coefficient (Wildman–Crippen LogP) is 8.42. The van der Waals surface area contributed by atoms with Crippen LogP contribution in [0.5, 0.6) is 0 Å². The summed E-state index contributed by atoms with van der Waals surface area (Å²) in [4.78, 5) is 23.6. The Balaban J connectivity index is 1.27. The van der Waals surface area contributed by atoms with Crippen molar-refractivity contribution in [1.29, 1.82) is 0 Å². The third-order valence-electron chi connectivity index (χ3n) is 9.33. The number of nitrogens with zero attached hydrogens (tertiary/aromatic N) is 2. The van der Waals surface area contributed by atoms with Crippen LogP contribution < -0.4 is 0 Å². The number of carbonyl (C=O) groups is 1. The van der Waals surface area contributed by atoms with Gasteiger partial charge in [-0.05, 0) is 99.0 Å². The van der Waals surface area contributed by atoms with Crippen molar-refractivity contribution in [3.63, 3.8) is 0 Å². The van der Waals surface area contributed by atoms with Gasteiger partial charge in [0.25, 0.3) is 5.91 Å². The Labute approximate surface area is 244 Å². The van der Waals surface area contributed by atoms with E-state index in [4.69, 9.17) is 11.6 Å². The molecule has 6 heteroatoms. The Hall–Kier alpha value is -3.12. The van der Waals surface area contributed by atoms with Crippen molar-refractivity contribution in [2.45, 2.75) is 43.7 Å². The molecule has 1 N–H and O–H groups in total. The largest absolute Gasteiger partial charge is 0.356 e. The van der Waals surface area contributed by atoms with Gasteiger partial charge in [-0.3, -0.25) is 4.79 Å². The van der Waals surface area contributed by atoms with Crippen LogP contribution in [0.25, 0.3) is 21.0 Å². The molecule has 204 valence electrons. The van der Waals surface area contributed by atoms with Crippen molar-refractivity contribution in [2.24, 2.45) is 5.92 Å². The van der Waals surface area contributed by atoms with Gasteiger partial charge in [0.2, 0.25) is 0 Å². The summed E-state index contributed by atoms with van der Waals surface area (Å²) in [6, 6.07) is 27.7. The van der Waals surface area contributed by atoms with Gasteiger partial charge in [0, 0.05) is 38.9 Å². The number of amides is 1. The zero-order chi connectivity index (χ0) is 27.4. The summed E-state index contributed by atoms with van der Waals surface area (Å²) in [6.07, 6.45) is 4.89. The molecule has 1 amide bonds. The van der Waals surface area contributed by atoms with Crippen LogP contribution in [-0.4, -0.2) is 41.3 Å². The summed E-state index contributed by atoms with van der Waals surface area (Å²) < 4.78 is 1.17. The van der Waals surface area contributed by atoms with Gasteiger partial charge in [0.05, 0.1) is 10.4 Å². The molecule has 1 atom stereocenters. The van der Waals surface area contributed by atoms with E-state index in [0.29, 0.717) is 12.0 Å². The van der Waals surface area contributed by atoms with Crippen LogP contribution in [0.2, 0.25) is 5.02 Å². The summed E-state index contributed by atoms with van der Waals surface area (Å²) >= 11 is 7.85. The third-order valence-corrected chi connectivity index (χ3v) is 10.7. The first kappa shape index (κ1) is 25.8. The molecule has 1 fully saturated rings. The molecule has 0 bridgehead atoms. The minimum atomic E-state index is -0.326. The number of para-hydroxylation sites is 1. The van der Waals surface area contributed by atoms with Crippen LogP contribution in [0, 0.1) is 5.92 Å². The lowest BCUT2D eigenvalue weighted by molar-refractivity contribution is 0.00951. The normalized spacial score (nSPS) is 21.8. The maximum atomic E-state index is 14.3. The van der Waals surface area contributed by atoms with E-state index >= 15 is 0 Å². The highest BCUT2D eigenvalue weighted by Crippen LogP contribution is 2.52. The number of nitrogens with one attached hydrogen (secondary N) is 1. The van der Waals surface area contributed by atoms with Crippen LogP contribution in [-0.2, 0) is 12.0 Å². The predicted molar refractivity (Wildman–Crippen MR) is 166 cm³/mol. The number of hydrogen-bond donors (Lipinski definition) is 1. The lowest BCUT2D eigenvalue weighted by atomic mass is 9.68. The summed E-state index contributed by atoms with van der Waals surface area (Å²) in [7, 11) is 4.36. The van der Waals surface area contributed by atoms with Crippen LogP contribution in [0.15, 0.2) is 78.9 Å². The SMILES string of the molecule is CN(C)C(c1ccc(Cl)cc1)C1CCC2(CC1)c1[nH]c3ccccc3c1CCN2C(=O)c1cc2ccccc2s1. The highest BCUT2D eigenvalue weighted by atomic mass is 35.5. The fourth-order valence-corrected chi connectivity index (χ4v) is 8.69. The molecule has 4 nitrogen and oxygen atoms in total. The van der Waals surface area contributed by atoms with Gasteiger partial charge in [-0.2, -0.15) is 0 Å². The summed E-state index contributed by atoms with van der Waals surface area (Å²) in [6.45, 7) is 0.751. The van der Waals surface area contributed by atoms with Crippen molar-refractivity contribution in [1.82, 2.24) is 14.8 Å². The standard InChI is InChI=1S/C34H34ClN3OS/c1-37(2)31(22-11-13-25(35)14-12-22)23-15-18-34(19-16-23)32-27(26-8-4-5-9-28(26)36-32)17-20-38(34)33(39)30-21-24-7-3-6-10-29(24)40-30/h3-14,21,23,31,36H,15-20H2,1-2H3. The topological polar surface area (TPSA) is 39.3 Å². The highest BCUT2D eigenvalue weighted by molar-refractivity contribution is 7.20. The maximum Gasteiger partial charge on any atom is 0.264 e. The van der Waals surface area contributed by atoms with Gasteiger partial charge in [0.1, 0.15) is 0 Å². The summed E-state index contributed by atoms with van der Waals surface area (Å²) in [5.74, 6) is 0.670. The number of benzene rings is 3. The average Bonchev–Trinajstić information content (AvgIpc) is 3.58. The number of hydrogen-bond acceptors (Lipinski definition) is 3. The molecule has 0 radical (unpaired) electrons. The van der Waals surface area contributed by atoms with E-state index in [1.54, 1.807) is 11.3 Å². The lowest BCUT2D eigenvalue weighted by Crippen LogP contribution is -2.55. The zero-order valence-electron chi connectivity index (χ0n) is 23.0. The molecular formula is C34H34ClN3OS. The number of aromatic nitrogens is 1. The highest BCUT2D eigenvalue weighted by Gasteiger charge is 2.50. The van der Waals surface area contributed by atoms with E-state index in [9.17, 15) is 4.79 Å². The third kappa shape index (κ3) is 4.18. The molecule has 40 heavy (non-hydrogen) atoms. The number of H-pyrrole nitrogens is 1. The summed E-state index contributed by atoms with van der Waals surface area (Å²) in [5.41, 5.74) is 4.82. The van der Waals surface area contributed by atoms with Crippen LogP contribution in [0.4, 0.5) is 0 Å². The Morgan fingerprint density at radius 2 is 1.75 bits per heavy atom. The van der Waals surface area contributed by atoms with Gasteiger partial charge in [-0.15, -0.1) is 11.3 Å². The summed E-state index contributed by atoms with van der Waals surface area (Å²) in [5, 5.41) is 3.22. The number of rotatable bonds is 4. The first-order valence-electron chi connectivity index (χ1n) is 14.3. The fourth-order valence-electron chi connectivity index (χ4n) is 7.55. The molecule has 1 aliphatic heterocycles. The van der Waals surface area contributed by atoms with Crippen LogP contribution in [0.1, 0.15) is 58.2 Å². The smallest absolute Gasteiger partial charge is 0.264 e. The molecule has 2 aromatic heterocycles. The first-order valence-corrected chi connectivity index (χ1v) is 15.5. The molecular weight excluding hydrogens is 534 g/mol. The minimum Gasteiger partial charge on any atom is -0.356 e. The molecule has 1 aliphatic carbocycles. The molecule has 3 heterocycles. The Kier molecular flexibility index (Phi) is 6.49. The second-order valence-corrected chi connectivity index (χ2v) is 13.2. The van der Waals surface area contributed by atoms with E-state index in [2.05, 4.69) is 89.5 Å². The molecule has 5 aromatic rings. The second kappa shape index (κ2) is 10.1. The number of fused-ring (bicyclic) bond motifs is 5. The zero-order valence-corrected chi connectivity index (χ0v) is 24.6. The van der Waals surface area contributed by atoms with E-state index < -0.39 is 0 Å². The number of thiophene rings is 1. The number of halogens is 1. The number of carbonyl (C=O) groups excluding carboxylic acids is 1. The quantitative estimate of drug-likeness (QED) is 0.237. The first-order chi connectivity index (χ1) is 19.4. The van der Waals surface area contributed by atoms with E-state index in [1.807, 2.05) is 18.2 Å². The van der Waals surface area contributed by atoms with Crippen LogP contribution in [0.3, 0.4) is 0 Å². The van der Waals surface area contributed by atoms with Gasteiger partial charge >= 0.3 is 0 Å². The monoisotopic (exact) mass is 567 g/mol. The van der Waals surface area contributed by atoms with Crippen molar-refractivity contribution in [3.05, 3.63) is 106 Å². The number of aromatic amines is 1. The Morgan fingerprint density at radius 1 is 1.02 bits per heavy atom. The van der Waals surface area contributed by atoms with E-state index in [0.717, 1.165) is 53.9 Å². The molecule has 3 aromatic carbocycles. The van der Waals surface area contributed by atoms with Gasteiger partial charge < -0.3 is 14.8 Å². The van der Waals surface area contributed by atoms with Crippen molar-refractivity contribution < 1.29 is 4.79 Å². The minimum absolute atomic E-state index is 0.172. The van der Waals surface area contributed by atoms with E-state index in [1.165, 1.54) is 32.4 Å². The second-order valence-electron chi connectivity index (χ2n) is 11.7. The molecule has 7 rings (SSSR count). The van der Waals surface area contributed by atoms with E-state index in [-0.39, 0.29) is 11.4 Å². The van der Waals surface area contributed by atoms with Gasteiger partial charge in [0.15, 0.2) is 0 Å². The molecule has 1 unspecified atom stereocenters. The molecule has 2 aliphatic rings. The molecule has 0 saturated heterocycles. The van der Waals surface area contributed by atoms with Crippen molar-refractivity contribution in [2.75, 3.05) is 20.6 Å². The van der Waals surface area contributed by atoms with Crippen molar-refractivity contribution in [3.8, 4) is 0 Å². The lowest BCUT2D eigenvalue weighted by Gasteiger charge is -2.51. The van der Waals surface area contributed by atoms with Crippen molar-refractivity contribution >= 4 is 49.8 Å². The fraction of sp³-hybridized carbons (Fsp3) is 0.324. The molecule has 1 saturated carbocycles. The Morgan fingerprint density at radius 3 is 2.50 bits per heavy atom. The Bertz CT molecular complexity index is 1660. The maximum absolute atomic E-state index is 14.3. The van der Waals surface area contributed by atoms with Gasteiger partial charge in [-0.25, -0.2) is 0 Å². The van der Waals surface area contributed by atoms with Gasteiger partial charge in [-0.1, -0.05) is 60.1 Å². The molecule has 1 spiro atoms. The average molecular weight is 568 g/mol.